The Morgan fingerprint density at radius 3 is 2.80 bits per heavy atom. The third kappa shape index (κ3) is 2.63. The molecule has 1 unspecified atom stereocenters. The van der Waals surface area contributed by atoms with Crippen LogP contribution in [-0.2, 0) is 26.6 Å². The Labute approximate surface area is 117 Å². The van der Waals surface area contributed by atoms with Crippen LogP contribution in [0.15, 0.2) is 11.1 Å². The van der Waals surface area contributed by atoms with Gasteiger partial charge in [0.2, 0.25) is 10.0 Å². The van der Waals surface area contributed by atoms with Gasteiger partial charge in [-0.2, -0.15) is 9.40 Å². The second-order valence-corrected chi connectivity index (χ2v) is 6.68. The summed E-state index contributed by atoms with van der Waals surface area (Å²) in [4.78, 5) is 11.5. The first kappa shape index (κ1) is 14.8. The Kier molecular flexibility index (Phi) is 4.00. The average molecular weight is 302 g/mol. The fraction of sp³-hybridized carbons (Fsp3) is 0.636. The molecule has 9 heteroatoms. The van der Waals surface area contributed by atoms with Gasteiger partial charge in [0.1, 0.15) is 4.90 Å². The predicted molar refractivity (Wildman–Crippen MR) is 71.1 cm³/mol. The van der Waals surface area contributed by atoms with Gasteiger partial charge < -0.3 is 10.5 Å². The van der Waals surface area contributed by atoms with Crippen molar-refractivity contribution in [2.75, 3.05) is 25.9 Å². The topological polar surface area (TPSA) is 108 Å². The van der Waals surface area contributed by atoms with Crippen LogP contribution >= 0.6 is 0 Å². The monoisotopic (exact) mass is 302 g/mol. The lowest BCUT2D eigenvalue weighted by atomic mass is 10.0. The first-order valence-electron chi connectivity index (χ1n) is 6.23. The van der Waals surface area contributed by atoms with E-state index < -0.39 is 15.9 Å². The molecular formula is C11H18N4O4S. The maximum absolute atomic E-state index is 12.5. The van der Waals surface area contributed by atoms with E-state index in [0.717, 1.165) is 0 Å². The summed E-state index contributed by atoms with van der Waals surface area (Å²) in [7, 11) is -0.829. The molecular weight excluding hydrogens is 284 g/mol. The number of nitrogens with zero attached hydrogens (tertiary/aromatic N) is 3. The van der Waals surface area contributed by atoms with E-state index in [1.54, 1.807) is 7.05 Å². The quantitative estimate of drug-likeness (QED) is 0.760. The van der Waals surface area contributed by atoms with Crippen molar-refractivity contribution < 1.29 is 17.9 Å². The van der Waals surface area contributed by atoms with E-state index in [4.69, 9.17) is 5.73 Å². The lowest BCUT2D eigenvalue weighted by molar-refractivity contribution is -0.146. The number of aryl methyl sites for hydroxylation is 1. The molecule has 1 aliphatic rings. The molecule has 1 atom stereocenters. The number of piperidine rings is 1. The summed E-state index contributed by atoms with van der Waals surface area (Å²) in [6.07, 6.45) is 2.60. The third-order valence-electron chi connectivity index (χ3n) is 3.36. The van der Waals surface area contributed by atoms with E-state index in [0.29, 0.717) is 19.4 Å². The number of hydrogen-bond acceptors (Lipinski definition) is 6. The number of nitrogen functional groups attached to an aromatic ring is 1. The molecule has 1 aliphatic heterocycles. The minimum atomic E-state index is -3.73. The number of carbonyl (C=O) groups excluding carboxylic acids is 1. The number of carbonyl (C=O) groups is 1. The molecule has 0 aliphatic carbocycles. The summed E-state index contributed by atoms with van der Waals surface area (Å²) in [5.74, 6) is -0.849. The highest BCUT2D eigenvalue weighted by Gasteiger charge is 2.35. The lowest BCUT2D eigenvalue weighted by Crippen LogP contribution is -2.42. The largest absolute Gasteiger partial charge is 0.469 e. The molecule has 0 amide bonds. The van der Waals surface area contributed by atoms with Gasteiger partial charge in [-0.05, 0) is 12.8 Å². The van der Waals surface area contributed by atoms with Crippen LogP contribution in [0.5, 0.6) is 0 Å². The molecule has 1 aromatic rings. The highest BCUT2D eigenvalue weighted by Crippen LogP contribution is 2.26. The smallest absolute Gasteiger partial charge is 0.309 e. The first-order chi connectivity index (χ1) is 9.36. The van der Waals surface area contributed by atoms with Crippen molar-refractivity contribution in [3.05, 3.63) is 6.20 Å². The predicted octanol–water partition coefficient (Wildman–Crippen LogP) is -0.424. The number of aromatic nitrogens is 2. The zero-order valence-corrected chi connectivity index (χ0v) is 12.3. The van der Waals surface area contributed by atoms with Crippen molar-refractivity contribution in [3.63, 3.8) is 0 Å². The molecule has 20 heavy (non-hydrogen) atoms. The maximum atomic E-state index is 12.5. The minimum absolute atomic E-state index is 0.0227. The first-order valence-corrected chi connectivity index (χ1v) is 7.67. The van der Waals surface area contributed by atoms with Crippen LogP contribution in [0.4, 0.5) is 5.82 Å². The number of ether oxygens (including phenoxy) is 1. The molecule has 2 heterocycles. The second kappa shape index (κ2) is 5.41. The maximum Gasteiger partial charge on any atom is 0.309 e. The van der Waals surface area contributed by atoms with Crippen LogP contribution < -0.4 is 5.73 Å². The minimum Gasteiger partial charge on any atom is -0.469 e. The van der Waals surface area contributed by atoms with E-state index in [-0.39, 0.29) is 23.2 Å². The van der Waals surface area contributed by atoms with Crippen molar-refractivity contribution in [1.82, 2.24) is 14.1 Å². The van der Waals surface area contributed by atoms with Crippen LogP contribution in [0.25, 0.3) is 0 Å². The molecule has 0 radical (unpaired) electrons. The number of rotatable bonds is 3. The Hall–Kier alpha value is -1.61. The van der Waals surface area contributed by atoms with E-state index >= 15 is 0 Å². The molecule has 112 valence electrons. The molecule has 0 bridgehead atoms. The molecule has 0 spiro atoms. The Bertz CT molecular complexity index is 610. The lowest BCUT2D eigenvalue weighted by Gasteiger charge is -2.30. The highest BCUT2D eigenvalue weighted by atomic mass is 32.2. The van der Waals surface area contributed by atoms with Crippen molar-refractivity contribution in [1.29, 1.82) is 0 Å². The van der Waals surface area contributed by atoms with Crippen LogP contribution in [0, 0.1) is 5.92 Å². The molecule has 0 saturated carbocycles. The van der Waals surface area contributed by atoms with Crippen molar-refractivity contribution in [2.45, 2.75) is 17.7 Å². The van der Waals surface area contributed by atoms with Gasteiger partial charge in [-0.1, -0.05) is 0 Å². The van der Waals surface area contributed by atoms with Crippen LogP contribution in [0.2, 0.25) is 0 Å². The fourth-order valence-electron chi connectivity index (χ4n) is 2.34. The Morgan fingerprint density at radius 2 is 2.25 bits per heavy atom. The molecule has 2 rings (SSSR count). The van der Waals surface area contributed by atoms with Gasteiger partial charge in [0.25, 0.3) is 0 Å². The summed E-state index contributed by atoms with van der Waals surface area (Å²) in [5.41, 5.74) is 5.63. The number of hydrogen-bond donors (Lipinski definition) is 1. The SMILES string of the molecule is COC(=O)C1CCCN(S(=O)(=O)c2cn(C)nc2N)C1. The molecule has 1 aromatic heterocycles. The van der Waals surface area contributed by atoms with Crippen LogP contribution in [-0.4, -0.2) is 48.7 Å². The van der Waals surface area contributed by atoms with Gasteiger partial charge in [0.05, 0.1) is 13.0 Å². The summed E-state index contributed by atoms with van der Waals surface area (Å²) in [6.45, 7) is 0.480. The molecule has 8 nitrogen and oxygen atoms in total. The third-order valence-corrected chi connectivity index (χ3v) is 5.24. The van der Waals surface area contributed by atoms with Crippen molar-refractivity contribution in [3.8, 4) is 0 Å². The number of anilines is 1. The zero-order chi connectivity index (χ0) is 14.9. The van der Waals surface area contributed by atoms with Gasteiger partial charge in [-0.25, -0.2) is 8.42 Å². The summed E-state index contributed by atoms with van der Waals surface area (Å²) in [6, 6.07) is 0. The van der Waals surface area contributed by atoms with Gasteiger partial charge >= 0.3 is 5.97 Å². The molecule has 0 aromatic carbocycles. The van der Waals surface area contributed by atoms with Gasteiger partial charge in [-0.15, -0.1) is 0 Å². The average Bonchev–Trinajstić information content (AvgIpc) is 2.77. The van der Waals surface area contributed by atoms with Crippen LogP contribution in [0.3, 0.4) is 0 Å². The second-order valence-electron chi connectivity index (χ2n) is 4.78. The molecule has 1 fully saturated rings. The number of sulfonamides is 1. The molecule has 2 N–H and O–H groups in total. The highest BCUT2D eigenvalue weighted by molar-refractivity contribution is 7.89. The van der Waals surface area contributed by atoms with E-state index in [1.165, 1.54) is 22.3 Å². The standard InChI is InChI=1S/C11H18N4O4S/c1-14-7-9(10(12)13-14)20(17,18)15-5-3-4-8(6-15)11(16)19-2/h7-8H,3-6H2,1-2H3,(H2,12,13). The van der Waals surface area contributed by atoms with Crippen molar-refractivity contribution in [2.24, 2.45) is 13.0 Å². The summed E-state index contributed by atoms with van der Waals surface area (Å²) in [5, 5.41) is 3.84. The zero-order valence-electron chi connectivity index (χ0n) is 11.4. The van der Waals surface area contributed by atoms with E-state index in [2.05, 4.69) is 9.84 Å². The summed E-state index contributed by atoms with van der Waals surface area (Å²) >= 11 is 0. The Morgan fingerprint density at radius 1 is 1.55 bits per heavy atom. The normalized spacial score (nSPS) is 20.8. The number of esters is 1. The fourth-order valence-corrected chi connectivity index (χ4v) is 3.96. The van der Waals surface area contributed by atoms with Crippen molar-refractivity contribution >= 4 is 21.8 Å². The Balaban J connectivity index is 2.26. The molecule has 1 saturated heterocycles. The van der Waals surface area contributed by atoms with Gasteiger partial charge in [0, 0.05) is 26.3 Å². The number of nitrogens with two attached hydrogens (primary N) is 1. The van der Waals surface area contributed by atoms with E-state index in [1.807, 2.05) is 0 Å². The van der Waals surface area contributed by atoms with E-state index in [9.17, 15) is 13.2 Å². The van der Waals surface area contributed by atoms with Gasteiger partial charge in [0.15, 0.2) is 5.82 Å². The number of methoxy groups -OCH3 is 1. The van der Waals surface area contributed by atoms with Gasteiger partial charge in [-0.3, -0.25) is 9.48 Å². The van der Waals surface area contributed by atoms with Crippen LogP contribution in [0.1, 0.15) is 12.8 Å². The summed E-state index contributed by atoms with van der Waals surface area (Å²) < 4.78 is 32.3.